The van der Waals surface area contributed by atoms with E-state index in [1.165, 1.54) is 10.6 Å². The zero-order valence-corrected chi connectivity index (χ0v) is 13.0. The fraction of sp³-hybridized carbons (Fsp3) is 0.158. The minimum absolute atomic E-state index is 0.0548. The van der Waals surface area contributed by atoms with E-state index in [0.717, 1.165) is 11.8 Å². The Labute approximate surface area is 133 Å². The van der Waals surface area contributed by atoms with Crippen molar-refractivity contribution in [3.05, 3.63) is 69.9 Å². The second-order valence-corrected chi connectivity index (χ2v) is 5.59. The van der Waals surface area contributed by atoms with E-state index in [9.17, 15) is 14.0 Å². The normalized spacial score (nSPS) is 10.9. The Morgan fingerprint density at radius 3 is 2.48 bits per heavy atom. The topological polar surface area (TPSA) is 39.1 Å². The number of carbonyl (C=O) groups excluding carboxylic acids is 1. The number of pyridine rings is 1. The van der Waals surface area contributed by atoms with Gasteiger partial charge in [0.15, 0.2) is 0 Å². The molecule has 0 radical (unpaired) electrons. The summed E-state index contributed by atoms with van der Waals surface area (Å²) in [6, 6.07) is 12.1. The molecule has 116 valence electrons. The Bertz CT molecular complexity index is 973. The van der Waals surface area contributed by atoms with E-state index < -0.39 is 0 Å². The maximum Gasteiger partial charge on any atom is 0.258 e. The lowest BCUT2D eigenvalue weighted by molar-refractivity contribution is -0.107. The quantitative estimate of drug-likeness (QED) is 0.696. The number of carbonyl (C=O) groups is 1. The van der Waals surface area contributed by atoms with Crippen LogP contribution in [-0.4, -0.2) is 10.9 Å². The number of hydrogen-bond donors (Lipinski definition) is 0. The van der Waals surface area contributed by atoms with Crippen LogP contribution >= 0.6 is 0 Å². The summed E-state index contributed by atoms with van der Waals surface area (Å²) in [5.41, 5.74) is 2.16. The third-order valence-electron chi connectivity index (χ3n) is 4.10. The van der Waals surface area contributed by atoms with E-state index >= 15 is 0 Å². The predicted octanol–water partition coefficient (Wildman–Crippen LogP) is 3.39. The molecule has 3 aromatic rings. The highest BCUT2D eigenvalue weighted by Crippen LogP contribution is 2.32. The van der Waals surface area contributed by atoms with Crippen LogP contribution in [0.5, 0.6) is 0 Å². The second-order valence-electron chi connectivity index (χ2n) is 5.59. The van der Waals surface area contributed by atoms with Gasteiger partial charge in [0.05, 0.1) is 0 Å². The fourth-order valence-electron chi connectivity index (χ4n) is 2.96. The zero-order chi connectivity index (χ0) is 16.6. The Balaban J connectivity index is 2.51. The Hall–Kier alpha value is -2.75. The minimum Gasteiger partial charge on any atom is -0.314 e. The van der Waals surface area contributed by atoms with Crippen molar-refractivity contribution in [1.29, 1.82) is 0 Å². The fourth-order valence-corrected chi connectivity index (χ4v) is 2.96. The van der Waals surface area contributed by atoms with Crippen LogP contribution in [-0.2, 0) is 18.3 Å². The summed E-state index contributed by atoms with van der Waals surface area (Å²) >= 11 is 0. The van der Waals surface area contributed by atoms with Crippen molar-refractivity contribution in [3.8, 4) is 11.1 Å². The largest absolute Gasteiger partial charge is 0.314 e. The van der Waals surface area contributed by atoms with Gasteiger partial charge in [0, 0.05) is 35.7 Å². The summed E-state index contributed by atoms with van der Waals surface area (Å²) in [4.78, 5) is 23.6. The lowest BCUT2D eigenvalue weighted by Crippen LogP contribution is -2.22. The number of halogens is 1. The average Bonchev–Trinajstić information content (AvgIpc) is 2.54. The molecule has 0 saturated carbocycles. The van der Waals surface area contributed by atoms with Gasteiger partial charge in [0.25, 0.3) is 5.56 Å². The Morgan fingerprint density at radius 1 is 1.13 bits per heavy atom. The first kappa shape index (κ1) is 15.2. The molecule has 23 heavy (non-hydrogen) atoms. The van der Waals surface area contributed by atoms with Crippen molar-refractivity contribution in [2.45, 2.75) is 13.3 Å². The smallest absolute Gasteiger partial charge is 0.258 e. The van der Waals surface area contributed by atoms with Gasteiger partial charge in [-0.3, -0.25) is 4.79 Å². The lowest BCUT2D eigenvalue weighted by Gasteiger charge is -2.16. The van der Waals surface area contributed by atoms with Gasteiger partial charge in [0.2, 0.25) is 0 Å². The molecule has 1 aromatic heterocycles. The van der Waals surface area contributed by atoms with Gasteiger partial charge in [-0.25, -0.2) is 4.39 Å². The standard InChI is InChI=1S/C19H16FNO2/c1-12-7-8-15(16(20)11-12)18-13-5-3-4-6-14(13)19(23)21(2)17(18)9-10-22/h3-8,10-11H,9H2,1-2H3. The summed E-state index contributed by atoms with van der Waals surface area (Å²) in [5.74, 6) is -0.360. The first-order valence-electron chi connectivity index (χ1n) is 7.35. The minimum atomic E-state index is -0.360. The van der Waals surface area contributed by atoms with Crippen LogP contribution < -0.4 is 5.56 Å². The van der Waals surface area contributed by atoms with Crippen molar-refractivity contribution < 1.29 is 9.18 Å². The molecule has 3 rings (SSSR count). The number of aldehydes is 1. The van der Waals surface area contributed by atoms with E-state index in [-0.39, 0.29) is 17.8 Å². The molecule has 2 aromatic carbocycles. The van der Waals surface area contributed by atoms with E-state index in [1.807, 2.05) is 19.1 Å². The van der Waals surface area contributed by atoms with Crippen LogP contribution in [0.2, 0.25) is 0 Å². The molecule has 3 nitrogen and oxygen atoms in total. The van der Waals surface area contributed by atoms with Crippen LogP contribution in [0.1, 0.15) is 11.3 Å². The van der Waals surface area contributed by atoms with Crippen molar-refractivity contribution in [2.75, 3.05) is 0 Å². The first-order valence-corrected chi connectivity index (χ1v) is 7.35. The average molecular weight is 309 g/mol. The summed E-state index contributed by atoms with van der Waals surface area (Å²) < 4.78 is 16.0. The van der Waals surface area contributed by atoms with Crippen LogP contribution in [0.4, 0.5) is 4.39 Å². The molecule has 0 aliphatic rings. The highest BCUT2D eigenvalue weighted by atomic mass is 19.1. The molecule has 0 saturated heterocycles. The van der Waals surface area contributed by atoms with Gasteiger partial charge in [-0.1, -0.05) is 30.3 Å². The van der Waals surface area contributed by atoms with Gasteiger partial charge >= 0.3 is 0 Å². The van der Waals surface area contributed by atoms with Gasteiger partial charge in [-0.05, 0) is 30.0 Å². The molecule has 0 fully saturated rings. The summed E-state index contributed by atoms with van der Waals surface area (Å²) in [5, 5.41) is 1.18. The van der Waals surface area contributed by atoms with Gasteiger partial charge < -0.3 is 9.36 Å². The molecule has 0 amide bonds. The van der Waals surface area contributed by atoms with Gasteiger partial charge in [-0.2, -0.15) is 0 Å². The second kappa shape index (κ2) is 5.80. The van der Waals surface area contributed by atoms with E-state index in [2.05, 4.69) is 0 Å². The van der Waals surface area contributed by atoms with Gasteiger partial charge in [0.1, 0.15) is 12.1 Å². The monoisotopic (exact) mass is 309 g/mol. The number of fused-ring (bicyclic) bond motifs is 1. The number of nitrogens with zero attached hydrogens (tertiary/aromatic N) is 1. The molecule has 0 aliphatic carbocycles. The number of benzene rings is 2. The third-order valence-corrected chi connectivity index (χ3v) is 4.10. The molecule has 4 heteroatoms. The van der Waals surface area contributed by atoms with Crippen LogP contribution in [0, 0.1) is 12.7 Å². The number of aromatic nitrogens is 1. The molecule has 0 aliphatic heterocycles. The Morgan fingerprint density at radius 2 is 1.83 bits per heavy atom. The predicted molar refractivity (Wildman–Crippen MR) is 89.1 cm³/mol. The van der Waals surface area contributed by atoms with Crippen molar-refractivity contribution >= 4 is 17.1 Å². The molecular weight excluding hydrogens is 293 g/mol. The number of aryl methyl sites for hydroxylation is 1. The molecule has 0 spiro atoms. The van der Waals surface area contributed by atoms with Crippen molar-refractivity contribution in [1.82, 2.24) is 4.57 Å². The SMILES string of the molecule is Cc1ccc(-c2c(CC=O)n(C)c(=O)c3ccccc23)c(F)c1. The van der Waals surface area contributed by atoms with E-state index in [0.29, 0.717) is 27.6 Å². The highest BCUT2D eigenvalue weighted by molar-refractivity contribution is 5.98. The number of hydrogen-bond acceptors (Lipinski definition) is 2. The van der Waals surface area contributed by atoms with E-state index in [4.69, 9.17) is 0 Å². The molecule has 0 atom stereocenters. The molecule has 0 unspecified atom stereocenters. The van der Waals surface area contributed by atoms with E-state index in [1.54, 1.807) is 31.3 Å². The van der Waals surface area contributed by atoms with Crippen molar-refractivity contribution in [2.24, 2.45) is 7.05 Å². The molecule has 0 N–H and O–H groups in total. The summed E-state index contributed by atoms with van der Waals surface area (Å²) in [6.07, 6.45) is 0.790. The molecule has 1 heterocycles. The van der Waals surface area contributed by atoms with Crippen LogP contribution in [0.3, 0.4) is 0 Å². The maximum atomic E-state index is 14.5. The zero-order valence-electron chi connectivity index (χ0n) is 13.0. The number of rotatable bonds is 3. The lowest BCUT2D eigenvalue weighted by atomic mass is 9.94. The summed E-state index contributed by atoms with van der Waals surface area (Å²) in [6.45, 7) is 1.82. The molecule has 0 bridgehead atoms. The first-order chi connectivity index (χ1) is 11.0. The van der Waals surface area contributed by atoms with Crippen LogP contribution in [0.15, 0.2) is 47.3 Å². The summed E-state index contributed by atoms with van der Waals surface area (Å²) in [7, 11) is 1.61. The van der Waals surface area contributed by atoms with Crippen LogP contribution in [0.25, 0.3) is 21.9 Å². The molecular formula is C19H16FNO2. The van der Waals surface area contributed by atoms with Gasteiger partial charge in [-0.15, -0.1) is 0 Å². The van der Waals surface area contributed by atoms with Crippen molar-refractivity contribution in [3.63, 3.8) is 0 Å². The highest BCUT2D eigenvalue weighted by Gasteiger charge is 2.18. The maximum absolute atomic E-state index is 14.5. The third kappa shape index (κ3) is 2.46. The Kier molecular flexibility index (Phi) is 3.82.